The van der Waals surface area contributed by atoms with Crippen molar-refractivity contribution in [2.45, 2.75) is 18.6 Å². The van der Waals surface area contributed by atoms with Gasteiger partial charge in [-0.2, -0.15) is 13.2 Å². The summed E-state index contributed by atoms with van der Waals surface area (Å²) in [5.41, 5.74) is 0.726. The molecule has 7 heteroatoms. The van der Waals surface area contributed by atoms with Crippen LogP contribution >= 0.6 is 11.6 Å². The van der Waals surface area contributed by atoms with Crippen LogP contribution in [0.5, 0.6) is 0 Å². The van der Waals surface area contributed by atoms with Crippen LogP contribution in [0.15, 0.2) is 23.8 Å². The van der Waals surface area contributed by atoms with Crippen LogP contribution in [0.2, 0.25) is 5.02 Å². The maximum absolute atomic E-state index is 12.6. The second kappa shape index (κ2) is 5.01. The third-order valence-electron chi connectivity index (χ3n) is 3.18. The summed E-state index contributed by atoms with van der Waals surface area (Å²) in [6.07, 6.45) is -4.42. The maximum Gasteiger partial charge on any atom is 0.391 e. The minimum atomic E-state index is -4.45. The van der Waals surface area contributed by atoms with E-state index in [0.29, 0.717) is 16.3 Å². The largest absolute Gasteiger partial charge is 0.478 e. The molecule has 0 aliphatic carbocycles. The summed E-state index contributed by atoms with van der Waals surface area (Å²) in [6.45, 7) is 0. The van der Waals surface area contributed by atoms with Crippen LogP contribution in [0.25, 0.3) is 6.08 Å². The number of alkyl halides is 3. The third-order valence-corrected chi connectivity index (χ3v) is 3.41. The Morgan fingerprint density at radius 2 is 2.10 bits per heavy atom. The van der Waals surface area contributed by atoms with Crippen molar-refractivity contribution in [3.8, 4) is 0 Å². The summed E-state index contributed by atoms with van der Waals surface area (Å²) in [5.74, 6) is -1.36. The lowest BCUT2D eigenvalue weighted by atomic mass is 9.93. The van der Waals surface area contributed by atoms with Crippen LogP contribution in [0.1, 0.15) is 12.0 Å². The van der Waals surface area contributed by atoms with Gasteiger partial charge in [-0.3, -0.25) is 0 Å². The van der Waals surface area contributed by atoms with E-state index < -0.39 is 24.6 Å². The molecule has 0 fully saturated rings. The zero-order chi connectivity index (χ0) is 15.1. The predicted octanol–water partition coefficient (Wildman–Crippen LogP) is 3.58. The number of likely N-dealkylation sites (N-methyl/N-ethyl adjacent to an activating group) is 1. The number of carboxylic acid groups (broad SMARTS) is 1. The van der Waals surface area contributed by atoms with Crippen LogP contribution < -0.4 is 4.90 Å². The Balaban J connectivity index is 2.50. The number of carbonyl (C=O) groups is 1. The average molecular weight is 306 g/mol. The van der Waals surface area contributed by atoms with E-state index in [0.717, 1.165) is 0 Å². The molecule has 0 saturated heterocycles. The summed E-state index contributed by atoms with van der Waals surface area (Å²) in [7, 11) is 1.44. The first-order valence-electron chi connectivity index (χ1n) is 5.73. The Hall–Kier alpha value is -1.69. The molecule has 0 spiro atoms. The van der Waals surface area contributed by atoms with Gasteiger partial charge in [-0.15, -0.1) is 0 Å². The number of hydrogen-bond acceptors (Lipinski definition) is 2. The number of nitrogens with zero attached hydrogens (tertiary/aromatic N) is 1. The molecule has 1 heterocycles. The molecule has 0 bridgehead atoms. The van der Waals surface area contributed by atoms with Gasteiger partial charge in [-0.1, -0.05) is 11.6 Å². The number of aliphatic carboxylic acids is 1. The van der Waals surface area contributed by atoms with Gasteiger partial charge in [0.05, 0.1) is 18.0 Å². The first-order valence-corrected chi connectivity index (χ1v) is 6.11. The van der Waals surface area contributed by atoms with Crippen molar-refractivity contribution in [3.05, 3.63) is 34.4 Å². The molecule has 1 atom stereocenters. The van der Waals surface area contributed by atoms with E-state index in [9.17, 15) is 18.0 Å². The van der Waals surface area contributed by atoms with Crippen LogP contribution in [0.3, 0.4) is 0 Å². The summed E-state index contributed by atoms with van der Waals surface area (Å²) in [6, 6.07) is 3.42. The molecule has 108 valence electrons. The van der Waals surface area contributed by atoms with Crippen molar-refractivity contribution >= 4 is 29.3 Å². The topological polar surface area (TPSA) is 40.5 Å². The minimum absolute atomic E-state index is 0.292. The molecular formula is C13H11ClF3NO2. The Labute approximate surface area is 118 Å². The quantitative estimate of drug-likeness (QED) is 0.908. The van der Waals surface area contributed by atoms with Gasteiger partial charge in [0.1, 0.15) is 0 Å². The Bertz CT molecular complexity index is 583. The molecule has 3 nitrogen and oxygen atoms in total. The number of anilines is 1. The SMILES string of the molecule is CN1c2ccc(Cl)cc2C=C(C(=O)O)C1CC(F)(F)F. The molecule has 0 amide bonds. The Morgan fingerprint density at radius 3 is 2.65 bits per heavy atom. The van der Waals surface area contributed by atoms with E-state index in [2.05, 4.69) is 0 Å². The third kappa shape index (κ3) is 2.90. The van der Waals surface area contributed by atoms with E-state index in [4.69, 9.17) is 16.7 Å². The van der Waals surface area contributed by atoms with Crippen molar-refractivity contribution in [2.24, 2.45) is 0 Å². The van der Waals surface area contributed by atoms with Gasteiger partial charge in [0.2, 0.25) is 0 Å². The van der Waals surface area contributed by atoms with Gasteiger partial charge >= 0.3 is 12.1 Å². The molecular weight excluding hydrogens is 295 g/mol. The van der Waals surface area contributed by atoms with Crippen molar-refractivity contribution < 1.29 is 23.1 Å². The summed E-state index contributed by atoms with van der Waals surface area (Å²) < 4.78 is 37.9. The lowest BCUT2D eigenvalue weighted by Crippen LogP contribution is -2.41. The molecule has 20 heavy (non-hydrogen) atoms. The highest BCUT2D eigenvalue weighted by Gasteiger charge is 2.39. The van der Waals surface area contributed by atoms with E-state index in [1.54, 1.807) is 12.1 Å². The average Bonchev–Trinajstić information content (AvgIpc) is 2.30. The molecule has 1 N–H and O–H groups in total. The van der Waals surface area contributed by atoms with Crippen molar-refractivity contribution in [1.82, 2.24) is 0 Å². The van der Waals surface area contributed by atoms with Gasteiger partial charge in [-0.05, 0) is 29.8 Å². The summed E-state index contributed by atoms with van der Waals surface area (Å²) in [4.78, 5) is 12.5. The van der Waals surface area contributed by atoms with Crippen molar-refractivity contribution in [1.29, 1.82) is 0 Å². The Kier molecular flexibility index (Phi) is 3.69. The fourth-order valence-corrected chi connectivity index (χ4v) is 2.45. The minimum Gasteiger partial charge on any atom is -0.478 e. The highest BCUT2D eigenvalue weighted by atomic mass is 35.5. The molecule has 1 aromatic carbocycles. The van der Waals surface area contributed by atoms with E-state index in [-0.39, 0.29) is 5.57 Å². The molecule has 1 unspecified atom stereocenters. The van der Waals surface area contributed by atoms with E-state index in [1.807, 2.05) is 0 Å². The standard InChI is InChI=1S/C13H11ClF3NO2/c1-18-10-3-2-8(14)4-7(10)5-9(12(19)20)11(18)6-13(15,16)17/h2-5,11H,6H2,1H3,(H,19,20). The number of benzene rings is 1. The number of rotatable bonds is 2. The fourth-order valence-electron chi connectivity index (χ4n) is 2.27. The normalized spacial score (nSPS) is 18.6. The smallest absolute Gasteiger partial charge is 0.391 e. The zero-order valence-electron chi connectivity index (χ0n) is 10.4. The van der Waals surface area contributed by atoms with Gasteiger partial charge in [0.25, 0.3) is 0 Å². The van der Waals surface area contributed by atoms with Crippen molar-refractivity contribution in [2.75, 3.05) is 11.9 Å². The van der Waals surface area contributed by atoms with Crippen LogP contribution in [-0.4, -0.2) is 30.3 Å². The van der Waals surface area contributed by atoms with Gasteiger partial charge < -0.3 is 10.0 Å². The van der Waals surface area contributed by atoms with Gasteiger partial charge in [-0.25, -0.2) is 4.79 Å². The number of halogens is 4. The number of fused-ring (bicyclic) bond motifs is 1. The summed E-state index contributed by atoms with van der Waals surface area (Å²) in [5, 5.41) is 9.52. The molecule has 0 radical (unpaired) electrons. The van der Waals surface area contributed by atoms with Crippen LogP contribution in [0.4, 0.5) is 18.9 Å². The van der Waals surface area contributed by atoms with Crippen molar-refractivity contribution in [3.63, 3.8) is 0 Å². The second-order valence-corrected chi connectivity index (χ2v) is 4.99. The Morgan fingerprint density at radius 1 is 1.45 bits per heavy atom. The first kappa shape index (κ1) is 14.7. The van der Waals surface area contributed by atoms with Crippen LogP contribution in [0, 0.1) is 0 Å². The highest BCUT2D eigenvalue weighted by molar-refractivity contribution is 6.30. The highest BCUT2D eigenvalue weighted by Crippen LogP contribution is 2.37. The molecule has 0 saturated carbocycles. The van der Waals surface area contributed by atoms with Crippen LogP contribution in [-0.2, 0) is 4.79 Å². The lowest BCUT2D eigenvalue weighted by molar-refractivity contribution is -0.139. The maximum atomic E-state index is 12.6. The molecule has 1 aliphatic heterocycles. The van der Waals surface area contributed by atoms with Gasteiger partial charge in [0.15, 0.2) is 0 Å². The van der Waals surface area contributed by atoms with Gasteiger partial charge in [0, 0.05) is 17.8 Å². The molecule has 0 aromatic heterocycles. The molecule has 1 aromatic rings. The monoisotopic (exact) mass is 305 g/mol. The zero-order valence-corrected chi connectivity index (χ0v) is 11.2. The number of carboxylic acids is 1. The number of hydrogen-bond donors (Lipinski definition) is 1. The molecule has 2 rings (SSSR count). The lowest BCUT2D eigenvalue weighted by Gasteiger charge is -2.35. The summed E-state index contributed by atoms with van der Waals surface area (Å²) >= 11 is 5.82. The van der Waals surface area contributed by atoms with E-state index in [1.165, 1.54) is 24.1 Å². The second-order valence-electron chi connectivity index (χ2n) is 4.55. The predicted molar refractivity (Wildman–Crippen MR) is 69.9 cm³/mol. The molecule has 1 aliphatic rings. The first-order chi connectivity index (χ1) is 9.19. The van der Waals surface area contributed by atoms with E-state index >= 15 is 0 Å². The fraction of sp³-hybridized carbons (Fsp3) is 0.308.